The van der Waals surface area contributed by atoms with Crippen LogP contribution in [0.2, 0.25) is 0 Å². The number of methoxy groups -OCH3 is 1. The van der Waals surface area contributed by atoms with Gasteiger partial charge in [-0.05, 0) is 37.4 Å². The Morgan fingerprint density at radius 1 is 1.29 bits per heavy atom. The summed E-state index contributed by atoms with van der Waals surface area (Å²) < 4.78 is 10.7. The molecule has 0 fully saturated rings. The number of nitrogens with one attached hydrogen (secondary N) is 1. The quantitative estimate of drug-likeness (QED) is 0.571. The van der Waals surface area contributed by atoms with Gasteiger partial charge in [-0.25, -0.2) is 0 Å². The van der Waals surface area contributed by atoms with E-state index >= 15 is 0 Å². The van der Waals surface area contributed by atoms with Crippen molar-refractivity contribution in [3.8, 4) is 5.75 Å². The summed E-state index contributed by atoms with van der Waals surface area (Å²) in [5.41, 5.74) is 0. The van der Waals surface area contributed by atoms with E-state index in [-0.39, 0.29) is 6.10 Å². The summed E-state index contributed by atoms with van der Waals surface area (Å²) in [7, 11) is 1.70. The molecule has 0 aromatic heterocycles. The standard InChI is InChI=1S/C13H21NO2S/c1-11(10-14-8-9-15-2)16-12-4-6-13(17-3)7-5-12/h4-7,11,14H,8-10H2,1-3H3. The molecule has 3 nitrogen and oxygen atoms in total. The number of rotatable bonds is 8. The molecule has 1 aromatic carbocycles. The van der Waals surface area contributed by atoms with Crippen molar-refractivity contribution in [1.82, 2.24) is 5.32 Å². The monoisotopic (exact) mass is 255 g/mol. The summed E-state index contributed by atoms with van der Waals surface area (Å²) in [5.74, 6) is 0.920. The zero-order valence-electron chi connectivity index (χ0n) is 10.7. The molecule has 0 spiro atoms. The minimum Gasteiger partial charge on any atom is -0.489 e. The zero-order valence-corrected chi connectivity index (χ0v) is 11.5. The molecule has 1 atom stereocenters. The van der Waals surface area contributed by atoms with Crippen molar-refractivity contribution >= 4 is 11.8 Å². The van der Waals surface area contributed by atoms with Gasteiger partial charge in [0, 0.05) is 25.1 Å². The Bertz CT molecular complexity index is 303. The molecule has 0 saturated heterocycles. The van der Waals surface area contributed by atoms with E-state index in [1.54, 1.807) is 18.9 Å². The van der Waals surface area contributed by atoms with Gasteiger partial charge in [-0.2, -0.15) is 0 Å². The highest BCUT2D eigenvalue weighted by molar-refractivity contribution is 7.98. The van der Waals surface area contributed by atoms with Crippen LogP contribution in [0.3, 0.4) is 0 Å². The molecule has 1 rings (SSSR count). The largest absolute Gasteiger partial charge is 0.489 e. The highest BCUT2D eigenvalue weighted by Gasteiger charge is 2.03. The van der Waals surface area contributed by atoms with Gasteiger partial charge >= 0.3 is 0 Å². The van der Waals surface area contributed by atoms with Crippen molar-refractivity contribution in [3.63, 3.8) is 0 Å². The molecular formula is C13H21NO2S. The van der Waals surface area contributed by atoms with Crippen molar-refractivity contribution < 1.29 is 9.47 Å². The van der Waals surface area contributed by atoms with Gasteiger partial charge in [0.2, 0.25) is 0 Å². The molecule has 0 heterocycles. The van der Waals surface area contributed by atoms with Crippen LogP contribution in [0.25, 0.3) is 0 Å². The maximum atomic E-state index is 5.78. The summed E-state index contributed by atoms with van der Waals surface area (Å²) in [6.07, 6.45) is 2.23. The van der Waals surface area contributed by atoms with Crippen LogP contribution in [0, 0.1) is 0 Å². The first kappa shape index (κ1) is 14.4. The fraction of sp³-hybridized carbons (Fsp3) is 0.538. The second-order valence-corrected chi connectivity index (χ2v) is 4.68. The first-order chi connectivity index (χ1) is 8.26. The maximum Gasteiger partial charge on any atom is 0.119 e. The lowest BCUT2D eigenvalue weighted by Crippen LogP contribution is -2.31. The third-order valence-electron chi connectivity index (χ3n) is 2.31. The Morgan fingerprint density at radius 3 is 2.59 bits per heavy atom. The van der Waals surface area contributed by atoms with E-state index < -0.39 is 0 Å². The molecule has 0 bridgehead atoms. The van der Waals surface area contributed by atoms with Crippen LogP contribution in [-0.2, 0) is 4.74 Å². The van der Waals surface area contributed by atoms with Gasteiger partial charge < -0.3 is 14.8 Å². The van der Waals surface area contributed by atoms with Crippen LogP contribution in [0.5, 0.6) is 5.75 Å². The van der Waals surface area contributed by atoms with E-state index in [1.165, 1.54) is 4.90 Å². The first-order valence-electron chi connectivity index (χ1n) is 5.76. The van der Waals surface area contributed by atoms with Crippen LogP contribution in [0.4, 0.5) is 0 Å². The molecule has 1 N–H and O–H groups in total. The summed E-state index contributed by atoms with van der Waals surface area (Å²) in [4.78, 5) is 1.25. The second kappa shape index (κ2) is 8.39. The normalized spacial score (nSPS) is 12.4. The smallest absolute Gasteiger partial charge is 0.119 e. The topological polar surface area (TPSA) is 30.5 Å². The Balaban J connectivity index is 2.26. The third kappa shape index (κ3) is 5.96. The van der Waals surface area contributed by atoms with Gasteiger partial charge in [-0.3, -0.25) is 0 Å². The molecule has 0 aliphatic rings. The number of ether oxygens (including phenoxy) is 2. The van der Waals surface area contributed by atoms with Crippen LogP contribution < -0.4 is 10.1 Å². The second-order valence-electron chi connectivity index (χ2n) is 3.80. The molecule has 96 valence electrons. The van der Waals surface area contributed by atoms with Crippen LogP contribution in [0.15, 0.2) is 29.2 Å². The minimum absolute atomic E-state index is 0.159. The van der Waals surface area contributed by atoms with E-state index in [1.807, 2.05) is 12.1 Å². The van der Waals surface area contributed by atoms with Crippen LogP contribution >= 0.6 is 11.8 Å². The Hall–Kier alpha value is -0.710. The Kier molecular flexibility index (Phi) is 7.08. The summed E-state index contributed by atoms with van der Waals surface area (Å²) in [6.45, 7) is 4.47. The molecule has 0 aliphatic carbocycles. The minimum atomic E-state index is 0.159. The Labute approximate surface area is 108 Å². The Morgan fingerprint density at radius 2 is 2.00 bits per heavy atom. The van der Waals surface area contributed by atoms with E-state index in [0.717, 1.165) is 25.4 Å². The maximum absolute atomic E-state index is 5.78. The molecule has 0 radical (unpaired) electrons. The zero-order chi connectivity index (χ0) is 12.5. The van der Waals surface area contributed by atoms with Gasteiger partial charge in [0.25, 0.3) is 0 Å². The SMILES string of the molecule is COCCNCC(C)Oc1ccc(SC)cc1. The predicted molar refractivity (Wildman–Crippen MR) is 73.1 cm³/mol. The van der Waals surface area contributed by atoms with Crippen LogP contribution in [0.1, 0.15) is 6.92 Å². The molecule has 1 aromatic rings. The van der Waals surface area contributed by atoms with Gasteiger partial charge in [0.1, 0.15) is 11.9 Å². The molecule has 0 saturated carbocycles. The predicted octanol–water partition coefficient (Wildman–Crippen LogP) is 2.41. The third-order valence-corrected chi connectivity index (χ3v) is 3.06. The van der Waals surface area contributed by atoms with Gasteiger partial charge in [0.05, 0.1) is 6.61 Å². The van der Waals surface area contributed by atoms with Crippen molar-refractivity contribution in [1.29, 1.82) is 0 Å². The van der Waals surface area contributed by atoms with Crippen molar-refractivity contribution in [2.45, 2.75) is 17.9 Å². The summed E-state index contributed by atoms with van der Waals surface area (Å²) >= 11 is 1.73. The number of hydrogen-bond acceptors (Lipinski definition) is 4. The van der Waals surface area contributed by atoms with Gasteiger partial charge in [0.15, 0.2) is 0 Å². The lowest BCUT2D eigenvalue weighted by molar-refractivity contribution is 0.184. The average molecular weight is 255 g/mol. The average Bonchev–Trinajstić information content (AvgIpc) is 2.36. The van der Waals surface area contributed by atoms with E-state index in [2.05, 4.69) is 30.6 Å². The molecule has 17 heavy (non-hydrogen) atoms. The molecular weight excluding hydrogens is 234 g/mol. The first-order valence-corrected chi connectivity index (χ1v) is 6.99. The number of thioether (sulfide) groups is 1. The van der Waals surface area contributed by atoms with Crippen molar-refractivity contribution in [3.05, 3.63) is 24.3 Å². The van der Waals surface area contributed by atoms with Crippen molar-refractivity contribution in [2.24, 2.45) is 0 Å². The lowest BCUT2D eigenvalue weighted by atomic mass is 10.3. The molecule has 1 unspecified atom stereocenters. The van der Waals surface area contributed by atoms with E-state index in [9.17, 15) is 0 Å². The molecule has 4 heteroatoms. The van der Waals surface area contributed by atoms with Gasteiger partial charge in [-0.15, -0.1) is 11.8 Å². The highest BCUT2D eigenvalue weighted by atomic mass is 32.2. The fourth-order valence-electron chi connectivity index (χ4n) is 1.41. The van der Waals surface area contributed by atoms with Crippen molar-refractivity contribution in [2.75, 3.05) is 33.1 Å². The number of hydrogen-bond donors (Lipinski definition) is 1. The number of benzene rings is 1. The van der Waals surface area contributed by atoms with Gasteiger partial charge in [-0.1, -0.05) is 0 Å². The van der Waals surface area contributed by atoms with E-state index in [4.69, 9.17) is 9.47 Å². The van der Waals surface area contributed by atoms with Crippen LogP contribution in [-0.4, -0.2) is 39.2 Å². The van der Waals surface area contributed by atoms with E-state index in [0.29, 0.717) is 0 Å². The molecule has 0 aliphatic heterocycles. The molecule has 0 amide bonds. The summed E-state index contributed by atoms with van der Waals surface area (Å²) in [5, 5.41) is 3.27. The fourth-order valence-corrected chi connectivity index (χ4v) is 1.82. The highest BCUT2D eigenvalue weighted by Crippen LogP contribution is 2.19. The summed E-state index contributed by atoms with van der Waals surface area (Å²) in [6, 6.07) is 8.17. The lowest BCUT2D eigenvalue weighted by Gasteiger charge is -2.15.